The van der Waals surface area contributed by atoms with Crippen LogP contribution in [0.15, 0.2) is 23.2 Å². The molecule has 0 atom stereocenters. The van der Waals surface area contributed by atoms with E-state index in [0.717, 1.165) is 32.2 Å². The molecule has 4 rings (SSSR count). The van der Waals surface area contributed by atoms with Crippen LogP contribution in [0.3, 0.4) is 0 Å². The number of thioether (sulfide) groups is 1. The molecule has 1 aliphatic rings. The highest BCUT2D eigenvalue weighted by Crippen LogP contribution is 2.42. The molecule has 0 spiro atoms. The number of carbonyl (C=O) groups is 1. The Morgan fingerprint density at radius 2 is 1.92 bits per heavy atom. The summed E-state index contributed by atoms with van der Waals surface area (Å²) in [6.45, 7) is 8.38. The van der Waals surface area contributed by atoms with Gasteiger partial charge in [-0.25, -0.2) is 9.97 Å². The van der Waals surface area contributed by atoms with E-state index in [2.05, 4.69) is 20.8 Å². The van der Waals surface area contributed by atoms with Crippen molar-refractivity contribution in [3.8, 4) is 0 Å². The van der Waals surface area contributed by atoms with Crippen LogP contribution in [0, 0.1) is 27.7 Å². The molecule has 3 aromatic rings. The van der Waals surface area contributed by atoms with Gasteiger partial charge in [-0.05, 0) is 63.3 Å². The smallest absolute Gasteiger partial charge is 0.173 e. The van der Waals surface area contributed by atoms with E-state index in [-0.39, 0.29) is 5.78 Å². The molecule has 0 aliphatic heterocycles. The monoisotopic (exact) mass is 382 g/mol. The highest BCUT2D eigenvalue weighted by molar-refractivity contribution is 8.00. The Labute approximate surface area is 162 Å². The van der Waals surface area contributed by atoms with Gasteiger partial charge in [-0.2, -0.15) is 0 Å². The Morgan fingerprint density at radius 3 is 2.62 bits per heavy atom. The van der Waals surface area contributed by atoms with E-state index in [1.807, 2.05) is 25.1 Å². The standard InChI is InChI=1S/C21H22N2OS2/c1-11-5-6-16(9-12(11)2)17(24)10-25-20-18-13(3)14(4)26-21(18)23-19(22-20)15-7-8-15/h5-6,9,15H,7-8,10H2,1-4H3. The molecule has 0 radical (unpaired) electrons. The highest BCUT2D eigenvalue weighted by Gasteiger charge is 2.28. The van der Waals surface area contributed by atoms with Crippen LogP contribution >= 0.6 is 23.1 Å². The number of aromatic nitrogens is 2. The van der Waals surface area contributed by atoms with Crippen LogP contribution in [0.5, 0.6) is 0 Å². The van der Waals surface area contributed by atoms with Gasteiger partial charge in [0.2, 0.25) is 0 Å². The summed E-state index contributed by atoms with van der Waals surface area (Å²) >= 11 is 3.29. The van der Waals surface area contributed by atoms with Crippen molar-refractivity contribution in [3.05, 3.63) is 51.2 Å². The summed E-state index contributed by atoms with van der Waals surface area (Å²) in [5, 5.41) is 2.10. The fraction of sp³-hybridized carbons (Fsp3) is 0.381. The number of benzene rings is 1. The average Bonchev–Trinajstić information content (AvgIpc) is 3.42. The lowest BCUT2D eigenvalue weighted by Crippen LogP contribution is -2.04. The third-order valence-electron chi connectivity index (χ3n) is 5.12. The Kier molecular flexibility index (Phi) is 4.61. The zero-order valence-electron chi connectivity index (χ0n) is 15.5. The normalized spacial score (nSPS) is 14.2. The minimum absolute atomic E-state index is 0.155. The highest BCUT2D eigenvalue weighted by atomic mass is 32.2. The van der Waals surface area contributed by atoms with Gasteiger partial charge in [0.15, 0.2) is 5.78 Å². The Bertz CT molecular complexity index is 1020. The van der Waals surface area contributed by atoms with E-state index in [4.69, 9.17) is 9.97 Å². The fourth-order valence-electron chi connectivity index (χ4n) is 2.99. The molecule has 0 unspecified atom stereocenters. The maximum absolute atomic E-state index is 12.7. The second kappa shape index (κ2) is 6.78. The maximum atomic E-state index is 12.7. The van der Waals surface area contributed by atoms with E-state index < -0.39 is 0 Å². The molecule has 26 heavy (non-hydrogen) atoms. The molecule has 2 aromatic heterocycles. The van der Waals surface area contributed by atoms with Gasteiger partial charge in [-0.15, -0.1) is 11.3 Å². The van der Waals surface area contributed by atoms with Crippen LogP contribution < -0.4 is 0 Å². The van der Waals surface area contributed by atoms with Gasteiger partial charge in [0, 0.05) is 21.7 Å². The topological polar surface area (TPSA) is 42.9 Å². The molecule has 2 heterocycles. The van der Waals surface area contributed by atoms with Crippen LogP contribution in [0.1, 0.15) is 56.5 Å². The van der Waals surface area contributed by atoms with Crippen LogP contribution in [-0.4, -0.2) is 21.5 Å². The number of thiophene rings is 1. The number of rotatable bonds is 5. The largest absolute Gasteiger partial charge is 0.293 e. The number of aryl methyl sites for hydroxylation is 4. The predicted molar refractivity (Wildman–Crippen MR) is 110 cm³/mol. The second-order valence-electron chi connectivity index (χ2n) is 7.14. The number of hydrogen-bond donors (Lipinski definition) is 0. The zero-order chi connectivity index (χ0) is 18.4. The Balaban J connectivity index is 1.63. The molecule has 134 valence electrons. The Morgan fingerprint density at radius 1 is 1.15 bits per heavy atom. The van der Waals surface area contributed by atoms with Crippen molar-refractivity contribution in [2.45, 2.75) is 51.5 Å². The zero-order valence-corrected chi connectivity index (χ0v) is 17.2. The molecule has 5 heteroatoms. The van der Waals surface area contributed by atoms with E-state index >= 15 is 0 Å². The summed E-state index contributed by atoms with van der Waals surface area (Å²) in [5.74, 6) is 2.03. The summed E-state index contributed by atoms with van der Waals surface area (Å²) in [4.78, 5) is 24.7. The van der Waals surface area contributed by atoms with E-state index in [1.165, 1.54) is 28.8 Å². The second-order valence-corrected chi connectivity index (χ2v) is 9.30. The lowest BCUT2D eigenvalue weighted by molar-refractivity contribution is 0.102. The van der Waals surface area contributed by atoms with Crippen LogP contribution in [0.25, 0.3) is 10.2 Å². The van der Waals surface area contributed by atoms with Crippen molar-refractivity contribution in [3.63, 3.8) is 0 Å². The van der Waals surface area contributed by atoms with Crippen molar-refractivity contribution in [2.24, 2.45) is 0 Å². The lowest BCUT2D eigenvalue weighted by atomic mass is 10.0. The molecule has 3 nitrogen and oxygen atoms in total. The first-order valence-corrected chi connectivity index (χ1v) is 10.7. The van der Waals surface area contributed by atoms with E-state index in [0.29, 0.717) is 11.7 Å². The third-order valence-corrected chi connectivity index (χ3v) is 7.20. The summed E-state index contributed by atoms with van der Waals surface area (Å²) in [5.41, 5.74) is 4.40. The minimum Gasteiger partial charge on any atom is -0.293 e. The molecule has 0 N–H and O–H groups in total. The first-order valence-electron chi connectivity index (χ1n) is 8.95. The number of hydrogen-bond acceptors (Lipinski definition) is 5. The Hall–Kier alpha value is -1.72. The summed E-state index contributed by atoms with van der Waals surface area (Å²) in [6, 6.07) is 5.94. The summed E-state index contributed by atoms with van der Waals surface area (Å²) < 4.78 is 0. The molecular weight excluding hydrogens is 360 g/mol. The summed E-state index contributed by atoms with van der Waals surface area (Å²) in [6.07, 6.45) is 2.36. The van der Waals surface area contributed by atoms with Gasteiger partial charge in [-0.1, -0.05) is 23.9 Å². The number of ketones is 1. The first kappa shape index (κ1) is 17.7. The predicted octanol–water partition coefficient (Wildman–Crippen LogP) is 5.78. The molecule has 0 amide bonds. The van der Waals surface area contributed by atoms with Gasteiger partial charge in [0.25, 0.3) is 0 Å². The van der Waals surface area contributed by atoms with Crippen LogP contribution in [-0.2, 0) is 0 Å². The van der Waals surface area contributed by atoms with Gasteiger partial charge in [0.1, 0.15) is 15.7 Å². The first-order chi connectivity index (χ1) is 12.4. The number of Topliss-reactive ketones (excluding diaryl/α,β-unsaturated/α-hetero) is 1. The van der Waals surface area contributed by atoms with Crippen molar-refractivity contribution < 1.29 is 4.79 Å². The van der Waals surface area contributed by atoms with Crippen molar-refractivity contribution in [1.82, 2.24) is 9.97 Å². The molecule has 0 bridgehead atoms. The van der Waals surface area contributed by atoms with Crippen molar-refractivity contribution in [1.29, 1.82) is 0 Å². The SMILES string of the molecule is Cc1ccc(C(=O)CSc2nc(C3CC3)nc3sc(C)c(C)c23)cc1C. The summed E-state index contributed by atoms with van der Waals surface area (Å²) in [7, 11) is 0. The van der Waals surface area contributed by atoms with E-state index in [1.54, 1.807) is 23.1 Å². The number of nitrogens with zero attached hydrogens (tertiary/aromatic N) is 2. The average molecular weight is 383 g/mol. The minimum atomic E-state index is 0.155. The molecule has 1 fully saturated rings. The maximum Gasteiger partial charge on any atom is 0.173 e. The molecule has 1 aromatic carbocycles. The van der Waals surface area contributed by atoms with Crippen LogP contribution in [0.4, 0.5) is 0 Å². The van der Waals surface area contributed by atoms with Gasteiger partial charge < -0.3 is 0 Å². The third kappa shape index (κ3) is 3.30. The molecule has 0 saturated heterocycles. The van der Waals surface area contributed by atoms with Crippen molar-refractivity contribution in [2.75, 3.05) is 5.75 Å². The van der Waals surface area contributed by atoms with Gasteiger partial charge >= 0.3 is 0 Å². The molecular formula is C21H22N2OS2. The van der Waals surface area contributed by atoms with Crippen LogP contribution in [0.2, 0.25) is 0 Å². The van der Waals surface area contributed by atoms with Crippen molar-refractivity contribution >= 4 is 39.1 Å². The fourth-order valence-corrected chi connectivity index (χ4v) is 5.08. The van der Waals surface area contributed by atoms with Gasteiger partial charge in [-0.3, -0.25) is 4.79 Å². The number of carbonyl (C=O) groups excluding carboxylic acids is 1. The lowest BCUT2D eigenvalue weighted by Gasteiger charge is -2.07. The molecule has 1 saturated carbocycles. The molecule has 1 aliphatic carbocycles. The quantitative estimate of drug-likeness (QED) is 0.319. The van der Waals surface area contributed by atoms with Gasteiger partial charge in [0.05, 0.1) is 5.75 Å². The number of fused-ring (bicyclic) bond motifs is 1. The van der Waals surface area contributed by atoms with E-state index in [9.17, 15) is 4.79 Å².